The summed E-state index contributed by atoms with van der Waals surface area (Å²) in [5, 5.41) is 0. The summed E-state index contributed by atoms with van der Waals surface area (Å²) in [5.74, 6) is 3.52. The smallest absolute Gasteiger partial charge is 0.263 e. The molecule has 3 aliphatic rings. The third kappa shape index (κ3) is 3.24. The van der Waals surface area contributed by atoms with E-state index in [1.165, 1.54) is 25.1 Å². The monoisotopic (exact) mass is 365 g/mol. The molecule has 3 heterocycles. The SMILES string of the molecule is O=C([C@H]1Cc2ccccc2O1)N1CCC(c2nccn2CC2CCC2)CC1. The number of para-hydroxylation sites is 1. The van der Waals surface area contributed by atoms with Crippen LogP contribution >= 0.6 is 0 Å². The number of benzene rings is 1. The number of hydrogen-bond donors (Lipinski definition) is 0. The summed E-state index contributed by atoms with van der Waals surface area (Å²) in [6.07, 6.45) is 10.5. The molecule has 1 aromatic heterocycles. The molecule has 5 heteroatoms. The number of amides is 1. The number of carbonyl (C=O) groups is 1. The Morgan fingerprint density at radius 3 is 2.70 bits per heavy atom. The zero-order valence-corrected chi connectivity index (χ0v) is 15.7. The van der Waals surface area contributed by atoms with Gasteiger partial charge in [-0.2, -0.15) is 0 Å². The molecule has 1 aliphatic carbocycles. The lowest BCUT2D eigenvalue weighted by atomic mass is 9.85. The van der Waals surface area contributed by atoms with E-state index in [1.807, 2.05) is 29.3 Å². The second-order valence-corrected chi connectivity index (χ2v) is 8.25. The quantitative estimate of drug-likeness (QED) is 0.834. The van der Waals surface area contributed by atoms with Crippen molar-refractivity contribution in [3.05, 3.63) is 48.0 Å². The van der Waals surface area contributed by atoms with Crippen molar-refractivity contribution in [2.24, 2.45) is 5.92 Å². The zero-order valence-electron chi connectivity index (χ0n) is 15.7. The Kier molecular flexibility index (Phi) is 4.38. The molecule has 0 spiro atoms. The summed E-state index contributed by atoms with van der Waals surface area (Å²) in [5.41, 5.74) is 1.14. The number of rotatable bonds is 4. The Bertz CT molecular complexity index is 793. The summed E-state index contributed by atoms with van der Waals surface area (Å²) in [4.78, 5) is 19.6. The van der Waals surface area contributed by atoms with Crippen molar-refractivity contribution in [3.8, 4) is 5.75 Å². The molecule has 2 aliphatic heterocycles. The van der Waals surface area contributed by atoms with Crippen LogP contribution in [0.2, 0.25) is 0 Å². The Labute approximate surface area is 160 Å². The lowest BCUT2D eigenvalue weighted by molar-refractivity contribution is -0.139. The van der Waals surface area contributed by atoms with Crippen LogP contribution in [0.15, 0.2) is 36.7 Å². The Morgan fingerprint density at radius 1 is 1.15 bits per heavy atom. The van der Waals surface area contributed by atoms with Gasteiger partial charge in [0.2, 0.25) is 0 Å². The maximum atomic E-state index is 12.9. The highest BCUT2D eigenvalue weighted by Crippen LogP contribution is 2.33. The first kappa shape index (κ1) is 16.8. The van der Waals surface area contributed by atoms with E-state index in [2.05, 4.69) is 21.8 Å². The molecule has 0 unspecified atom stereocenters. The maximum Gasteiger partial charge on any atom is 0.263 e. The number of hydrogen-bond acceptors (Lipinski definition) is 3. The lowest BCUT2D eigenvalue weighted by Gasteiger charge is -2.34. The van der Waals surface area contributed by atoms with Crippen LogP contribution in [-0.4, -0.2) is 39.6 Å². The van der Waals surface area contributed by atoms with Gasteiger partial charge in [-0.25, -0.2) is 4.98 Å². The second-order valence-electron chi connectivity index (χ2n) is 8.25. The van der Waals surface area contributed by atoms with Crippen molar-refractivity contribution in [1.82, 2.24) is 14.5 Å². The van der Waals surface area contributed by atoms with E-state index < -0.39 is 0 Å². The largest absolute Gasteiger partial charge is 0.480 e. The maximum absolute atomic E-state index is 12.9. The Morgan fingerprint density at radius 2 is 1.96 bits per heavy atom. The van der Waals surface area contributed by atoms with Crippen LogP contribution in [-0.2, 0) is 17.8 Å². The molecule has 2 fully saturated rings. The number of aromatic nitrogens is 2. The van der Waals surface area contributed by atoms with Crippen LogP contribution in [0.25, 0.3) is 0 Å². The zero-order chi connectivity index (χ0) is 18.2. The van der Waals surface area contributed by atoms with Gasteiger partial charge >= 0.3 is 0 Å². The molecule has 1 saturated heterocycles. The summed E-state index contributed by atoms with van der Waals surface area (Å²) in [7, 11) is 0. The van der Waals surface area contributed by atoms with Gasteiger partial charge < -0.3 is 14.2 Å². The molecule has 5 nitrogen and oxygen atoms in total. The third-order valence-corrected chi connectivity index (χ3v) is 6.52. The number of ether oxygens (including phenoxy) is 1. The van der Waals surface area contributed by atoms with Crippen LogP contribution in [0.4, 0.5) is 0 Å². The van der Waals surface area contributed by atoms with Gasteiger partial charge in [0.1, 0.15) is 11.6 Å². The van der Waals surface area contributed by atoms with E-state index in [1.54, 1.807) is 0 Å². The fourth-order valence-corrected chi connectivity index (χ4v) is 4.67. The molecule has 5 rings (SSSR count). The molecule has 1 saturated carbocycles. The molecule has 27 heavy (non-hydrogen) atoms. The van der Waals surface area contributed by atoms with Crippen molar-refractivity contribution >= 4 is 5.91 Å². The van der Waals surface area contributed by atoms with Crippen molar-refractivity contribution in [3.63, 3.8) is 0 Å². The summed E-state index contributed by atoms with van der Waals surface area (Å²) < 4.78 is 8.26. The van der Waals surface area contributed by atoms with Gasteiger partial charge in [0.05, 0.1) is 0 Å². The lowest BCUT2D eigenvalue weighted by Crippen LogP contribution is -2.45. The normalized spacial score (nSPS) is 23.0. The van der Waals surface area contributed by atoms with E-state index in [-0.39, 0.29) is 12.0 Å². The third-order valence-electron chi connectivity index (χ3n) is 6.52. The molecule has 1 atom stereocenters. The van der Waals surface area contributed by atoms with Crippen LogP contribution in [0.1, 0.15) is 49.4 Å². The molecule has 1 amide bonds. The standard InChI is InChI=1S/C22H27N3O2/c26-22(20-14-18-6-1-2-7-19(18)27-20)24-11-8-17(9-12-24)21-23-10-13-25(21)15-16-4-3-5-16/h1-2,6-7,10,13,16-17,20H,3-5,8-9,11-12,14-15H2/t20-/m1/s1. The molecule has 1 aromatic carbocycles. The van der Waals surface area contributed by atoms with Crippen LogP contribution in [0, 0.1) is 5.92 Å². The van der Waals surface area contributed by atoms with Crippen molar-refractivity contribution < 1.29 is 9.53 Å². The molecule has 0 N–H and O–H groups in total. The number of piperidine rings is 1. The summed E-state index contributed by atoms with van der Waals surface area (Å²) in [6.45, 7) is 2.72. The minimum absolute atomic E-state index is 0.141. The van der Waals surface area contributed by atoms with Crippen LogP contribution in [0.5, 0.6) is 5.75 Å². The number of imidazole rings is 1. The number of carbonyl (C=O) groups excluding carboxylic acids is 1. The molecule has 142 valence electrons. The first-order chi connectivity index (χ1) is 13.3. The van der Waals surface area contributed by atoms with Gasteiger partial charge in [0.25, 0.3) is 5.91 Å². The predicted molar refractivity (Wildman–Crippen MR) is 103 cm³/mol. The fraction of sp³-hybridized carbons (Fsp3) is 0.545. The van der Waals surface area contributed by atoms with Gasteiger partial charge in [-0.3, -0.25) is 4.79 Å². The van der Waals surface area contributed by atoms with Gasteiger partial charge in [0.15, 0.2) is 6.10 Å². The Balaban J connectivity index is 1.19. The average molecular weight is 365 g/mol. The minimum atomic E-state index is -0.348. The van der Waals surface area contributed by atoms with Crippen LogP contribution in [0.3, 0.4) is 0 Å². The summed E-state index contributed by atoms with van der Waals surface area (Å²) >= 11 is 0. The number of fused-ring (bicyclic) bond motifs is 1. The van der Waals surface area contributed by atoms with Gasteiger partial charge in [-0.05, 0) is 43.2 Å². The van der Waals surface area contributed by atoms with Gasteiger partial charge in [-0.15, -0.1) is 0 Å². The average Bonchev–Trinajstić information content (AvgIpc) is 3.31. The molecular weight excluding hydrogens is 338 g/mol. The molecule has 0 bridgehead atoms. The first-order valence-electron chi connectivity index (χ1n) is 10.3. The second kappa shape index (κ2) is 7.02. The van der Waals surface area contributed by atoms with Gasteiger partial charge in [-0.1, -0.05) is 24.6 Å². The van der Waals surface area contributed by atoms with Gasteiger partial charge in [0, 0.05) is 44.4 Å². The van der Waals surface area contributed by atoms with Crippen LogP contribution < -0.4 is 4.74 Å². The van der Waals surface area contributed by atoms with E-state index in [0.29, 0.717) is 12.3 Å². The number of likely N-dealkylation sites (tertiary alicyclic amines) is 1. The molecule has 2 aromatic rings. The molecular formula is C22H27N3O2. The van der Waals surface area contributed by atoms with E-state index in [9.17, 15) is 4.79 Å². The van der Waals surface area contributed by atoms with E-state index in [0.717, 1.165) is 49.7 Å². The topological polar surface area (TPSA) is 47.4 Å². The number of nitrogens with zero attached hydrogens (tertiary/aromatic N) is 3. The Hall–Kier alpha value is -2.30. The molecule has 0 radical (unpaired) electrons. The highest BCUT2D eigenvalue weighted by Gasteiger charge is 2.35. The van der Waals surface area contributed by atoms with Crippen molar-refractivity contribution in [1.29, 1.82) is 0 Å². The highest BCUT2D eigenvalue weighted by atomic mass is 16.5. The summed E-state index contributed by atoms with van der Waals surface area (Å²) in [6, 6.07) is 7.97. The predicted octanol–water partition coefficient (Wildman–Crippen LogP) is 3.39. The first-order valence-corrected chi connectivity index (χ1v) is 10.3. The fourth-order valence-electron chi connectivity index (χ4n) is 4.67. The van der Waals surface area contributed by atoms with E-state index in [4.69, 9.17) is 4.74 Å². The van der Waals surface area contributed by atoms with Crippen molar-refractivity contribution in [2.75, 3.05) is 13.1 Å². The minimum Gasteiger partial charge on any atom is -0.480 e. The van der Waals surface area contributed by atoms with E-state index >= 15 is 0 Å². The highest BCUT2D eigenvalue weighted by molar-refractivity contribution is 5.82. The van der Waals surface area contributed by atoms with Crippen molar-refractivity contribution in [2.45, 2.75) is 57.1 Å².